The summed E-state index contributed by atoms with van der Waals surface area (Å²) in [4.78, 5) is 38.5. The minimum absolute atomic E-state index is 0.0759. The van der Waals surface area contributed by atoms with Crippen LogP contribution >= 0.6 is 11.3 Å². The van der Waals surface area contributed by atoms with Gasteiger partial charge in [0.05, 0.1) is 17.4 Å². The first-order chi connectivity index (χ1) is 14.1. The Hall–Kier alpha value is -2.15. The fourth-order valence-electron chi connectivity index (χ4n) is 5.56. The van der Waals surface area contributed by atoms with Crippen molar-refractivity contribution in [3.05, 3.63) is 28.2 Å². The molecule has 5 atom stereocenters. The van der Waals surface area contributed by atoms with Gasteiger partial charge in [-0.3, -0.25) is 14.4 Å². The molecular weight excluding hydrogens is 400 g/mol. The molecule has 0 unspecified atom stereocenters. The van der Waals surface area contributed by atoms with E-state index in [1.54, 1.807) is 0 Å². The Labute approximate surface area is 180 Å². The van der Waals surface area contributed by atoms with E-state index >= 15 is 0 Å². The standard InChI is InChI=1S/C23H30N2O4S/c1-23(2,3)13-8-9-14-15(10-13)30-21(18(14)19(24)26)25-20(27)16-11-4-6-12(7-5-11)17(16)22(28)29/h4,6,11-13,16-17H,5,7-10H2,1-3H3,(H2,24,26)(H,25,27)(H,28,29)/t11-,12-,13+,16-,17-/m0/s1. The van der Waals surface area contributed by atoms with E-state index in [-0.39, 0.29) is 23.2 Å². The summed E-state index contributed by atoms with van der Waals surface area (Å²) in [6, 6.07) is 0. The quantitative estimate of drug-likeness (QED) is 0.630. The van der Waals surface area contributed by atoms with Crippen molar-refractivity contribution in [2.45, 2.75) is 52.9 Å². The molecule has 4 aliphatic rings. The molecule has 5 rings (SSSR count). The lowest BCUT2D eigenvalue weighted by Crippen LogP contribution is -2.47. The minimum atomic E-state index is -0.928. The maximum atomic E-state index is 13.2. The third kappa shape index (κ3) is 3.57. The second-order valence-corrected chi connectivity index (χ2v) is 11.2. The second kappa shape index (κ2) is 7.52. The summed E-state index contributed by atoms with van der Waals surface area (Å²) in [5.74, 6) is -2.78. The SMILES string of the molecule is CC(C)(C)[C@@H]1CCc2c(sc(NC(=O)[C@@H]3[C@@H](C(=O)O)[C@H]4C=C[C@H]3CC4)c2C(N)=O)C1. The van der Waals surface area contributed by atoms with Gasteiger partial charge in [0.1, 0.15) is 5.00 Å². The van der Waals surface area contributed by atoms with Gasteiger partial charge in [-0.2, -0.15) is 0 Å². The molecule has 4 aliphatic carbocycles. The predicted molar refractivity (Wildman–Crippen MR) is 116 cm³/mol. The highest BCUT2D eigenvalue weighted by Crippen LogP contribution is 2.47. The van der Waals surface area contributed by atoms with Crippen LogP contribution in [0.5, 0.6) is 0 Å². The fraction of sp³-hybridized carbons (Fsp3) is 0.609. The molecule has 162 valence electrons. The number of carboxylic acid groups (broad SMARTS) is 1. The van der Waals surface area contributed by atoms with Crippen molar-refractivity contribution in [1.29, 1.82) is 0 Å². The van der Waals surface area contributed by atoms with E-state index in [1.165, 1.54) is 11.3 Å². The lowest BCUT2D eigenvalue weighted by molar-refractivity contribution is -0.151. The number of nitrogens with two attached hydrogens (primary N) is 1. The van der Waals surface area contributed by atoms with Crippen molar-refractivity contribution in [1.82, 2.24) is 0 Å². The van der Waals surface area contributed by atoms with E-state index in [9.17, 15) is 19.5 Å². The van der Waals surface area contributed by atoms with Gasteiger partial charge < -0.3 is 16.2 Å². The van der Waals surface area contributed by atoms with Crippen LogP contribution in [0.2, 0.25) is 0 Å². The van der Waals surface area contributed by atoms with Crippen molar-refractivity contribution >= 4 is 34.1 Å². The van der Waals surface area contributed by atoms with Gasteiger partial charge >= 0.3 is 5.97 Å². The zero-order chi connectivity index (χ0) is 21.8. The molecular formula is C23H30N2O4S. The van der Waals surface area contributed by atoms with E-state index in [2.05, 4.69) is 26.1 Å². The lowest BCUT2D eigenvalue weighted by Gasteiger charge is -2.41. The third-order valence-electron chi connectivity index (χ3n) is 7.31. The topological polar surface area (TPSA) is 109 Å². The molecule has 1 aromatic heterocycles. The van der Waals surface area contributed by atoms with Crippen LogP contribution in [-0.2, 0) is 22.4 Å². The monoisotopic (exact) mass is 430 g/mol. The number of carboxylic acids is 1. The van der Waals surface area contributed by atoms with Crippen LogP contribution in [-0.4, -0.2) is 22.9 Å². The molecule has 0 aliphatic heterocycles. The lowest BCUT2D eigenvalue weighted by atomic mass is 9.62. The van der Waals surface area contributed by atoms with Gasteiger partial charge in [0.15, 0.2) is 0 Å². The molecule has 4 N–H and O–H groups in total. The van der Waals surface area contributed by atoms with Gasteiger partial charge in [0.2, 0.25) is 5.91 Å². The number of hydrogen-bond donors (Lipinski definition) is 3. The first kappa shape index (κ1) is 21.1. The molecule has 2 bridgehead atoms. The number of primary amides is 1. The Morgan fingerprint density at radius 3 is 2.27 bits per heavy atom. The average Bonchev–Trinajstić information content (AvgIpc) is 3.04. The number of rotatable bonds is 4. The van der Waals surface area contributed by atoms with Crippen LogP contribution in [0.25, 0.3) is 0 Å². The van der Waals surface area contributed by atoms with Gasteiger partial charge in [-0.25, -0.2) is 0 Å². The van der Waals surface area contributed by atoms with E-state index in [4.69, 9.17) is 5.73 Å². The number of thiophene rings is 1. The van der Waals surface area contributed by atoms with Crippen LogP contribution in [0.3, 0.4) is 0 Å². The normalized spacial score (nSPS) is 30.0. The van der Waals surface area contributed by atoms with Crippen molar-refractivity contribution < 1.29 is 19.5 Å². The first-order valence-corrected chi connectivity index (χ1v) is 11.6. The Kier molecular flexibility index (Phi) is 5.29. The summed E-state index contributed by atoms with van der Waals surface area (Å²) < 4.78 is 0. The Morgan fingerprint density at radius 1 is 1.10 bits per heavy atom. The van der Waals surface area contributed by atoms with E-state index < -0.39 is 23.7 Å². The third-order valence-corrected chi connectivity index (χ3v) is 8.48. The van der Waals surface area contributed by atoms with Gasteiger partial charge in [-0.15, -0.1) is 11.3 Å². The second-order valence-electron chi connectivity index (χ2n) is 10.0. The highest BCUT2D eigenvalue weighted by atomic mass is 32.1. The van der Waals surface area contributed by atoms with E-state index in [0.717, 1.165) is 42.5 Å². The van der Waals surface area contributed by atoms with Crippen LogP contribution in [0.4, 0.5) is 5.00 Å². The fourth-order valence-corrected chi connectivity index (χ4v) is 6.89. The summed E-state index contributed by atoms with van der Waals surface area (Å²) in [5.41, 5.74) is 7.25. The van der Waals surface area contributed by atoms with E-state index in [0.29, 0.717) is 16.5 Å². The number of carbonyl (C=O) groups excluding carboxylic acids is 2. The molecule has 6 nitrogen and oxygen atoms in total. The van der Waals surface area contributed by atoms with Gasteiger partial charge in [0.25, 0.3) is 5.91 Å². The maximum absolute atomic E-state index is 13.2. The molecule has 1 heterocycles. The number of nitrogens with one attached hydrogen (secondary N) is 1. The van der Waals surface area contributed by atoms with Crippen LogP contribution in [0, 0.1) is 35.0 Å². The number of carbonyl (C=O) groups is 3. The molecule has 1 aromatic rings. The number of allylic oxidation sites excluding steroid dienone is 2. The molecule has 7 heteroatoms. The van der Waals surface area contributed by atoms with Crippen molar-refractivity contribution in [2.75, 3.05) is 5.32 Å². The molecule has 1 saturated carbocycles. The van der Waals surface area contributed by atoms with Crippen molar-refractivity contribution in [2.24, 2.45) is 40.7 Å². The molecule has 0 saturated heterocycles. The smallest absolute Gasteiger partial charge is 0.307 e. The molecule has 0 radical (unpaired) electrons. The van der Waals surface area contributed by atoms with Gasteiger partial charge in [-0.1, -0.05) is 32.9 Å². The summed E-state index contributed by atoms with van der Waals surface area (Å²) in [7, 11) is 0. The number of amides is 2. The molecule has 0 spiro atoms. The highest BCUT2D eigenvalue weighted by molar-refractivity contribution is 7.17. The number of anilines is 1. The number of fused-ring (bicyclic) bond motifs is 3. The van der Waals surface area contributed by atoms with Crippen molar-refractivity contribution in [3.63, 3.8) is 0 Å². The summed E-state index contributed by atoms with van der Waals surface area (Å²) in [6.07, 6.45) is 8.18. The Morgan fingerprint density at radius 2 is 1.73 bits per heavy atom. The Balaban J connectivity index is 1.63. The maximum Gasteiger partial charge on any atom is 0.307 e. The predicted octanol–water partition coefficient (Wildman–Crippen LogP) is 3.85. The Bertz CT molecular complexity index is 926. The molecule has 2 amide bonds. The zero-order valence-corrected chi connectivity index (χ0v) is 18.6. The minimum Gasteiger partial charge on any atom is -0.481 e. The highest BCUT2D eigenvalue weighted by Gasteiger charge is 2.48. The summed E-state index contributed by atoms with van der Waals surface area (Å²) in [6.45, 7) is 6.68. The van der Waals surface area contributed by atoms with Gasteiger partial charge in [0, 0.05) is 4.88 Å². The average molecular weight is 431 g/mol. The zero-order valence-electron chi connectivity index (χ0n) is 17.7. The molecule has 30 heavy (non-hydrogen) atoms. The van der Waals surface area contributed by atoms with Crippen LogP contribution < -0.4 is 11.1 Å². The van der Waals surface area contributed by atoms with Crippen LogP contribution in [0.1, 0.15) is 60.8 Å². The van der Waals surface area contributed by atoms with E-state index in [1.807, 2.05) is 12.2 Å². The number of aliphatic carboxylic acids is 1. The summed E-state index contributed by atoms with van der Waals surface area (Å²) in [5, 5.41) is 13.2. The summed E-state index contributed by atoms with van der Waals surface area (Å²) >= 11 is 1.43. The molecule has 0 aromatic carbocycles. The van der Waals surface area contributed by atoms with Gasteiger partial charge in [-0.05, 0) is 60.8 Å². The first-order valence-electron chi connectivity index (χ1n) is 10.7. The largest absolute Gasteiger partial charge is 0.481 e. The van der Waals surface area contributed by atoms with Crippen LogP contribution in [0.15, 0.2) is 12.2 Å². The molecule has 1 fully saturated rings. The number of hydrogen-bond acceptors (Lipinski definition) is 4. The van der Waals surface area contributed by atoms with Crippen molar-refractivity contribution in [3.8, 4) is 0 Å².